The van der Waals surface area contributed by atoms with Crippen LogP contribution >= 0.6 is 0 Å². The molecule has 0 aliphatic carbocycles. The molecule has 5 nitrogen and oxygen atoms in total. The molecule has 1 amide bonds. The van der Waals surface area contributed by atoms with Gasteiger partial charge in [-0.1, -0.05) is 12.1 Å². The lowest BCUT2D eigenvalue weighted by Crippen LogP contribution is -2.39. The van der Waals surface area contributed by atoms with Crippen LogP contribution in [0.25, 0.3) is 0 Å². The molecule has 2 rings (SSSR count). The third-order valence-corrected chi connectivity index (χ3v) is 3.29. The third-order valence-electron chi connectivity index (χ3n) is 3.29. The van der Waals surface area contributed by atoms with Gasteiger partial charge in [-0.2, -0.15) is 0 Å². The molecule has 0 spiro atoms. The molecule has 0 saturated carbocycles. The number of anilines is 1. The van der Waals surface area contributed by atoms with Gasteiger partial charge >= 0.3 is 0 Å². The van der Waals surface area contributed by atoms with Crippen LogP contribution in [0.4, 0.5) is 5.69 Å². The number of carbonyl (C=O) groups is 1. The van der Waals surface area contributed by atoms with Crippen LogP contribution in [0.2, 0.25) is 0 Å². The van der Waals surface area contributed by atoms with Crippen molar-refractivity contribution in [1.82, 2.24) is 5.32 Å². The molecule has 0 radical (unpaired) electrons. The van der Waals surface area contributed by atoms with Crippen molar-refractivity contribution in [2.75, 3.05) is 32.7 Å². The number of nitrogens with one attached hydrogen (secondary N) is 2. The summed E-state index contributed by atoms with van der Waals surface area (Å²) >= 11 is 0. The van der Waals surface area contributed by atoms with E-state index in [2.05, 4.69) is 10.6 Å². The van der Waals surface area contributed by atoms with Crippen LogP contribution in [-0.4, -0.2) is 39.3 Å². The van der Waals surface area contributed by atoms with Gasteiger partial charge in [-0.05, 0) is 24.7 Å². The zero-order valence-electron chi connectivity index (χ0n) is 11.3. The first-order chi connectivity index (χ1) is 9.24. The summed E-state index contributed by atoms with van der Waals surface area (Å²) in [7, 11) is 3.50. The standard InChI is InChI=1S/C14H20N2O3/c1-15-13-9-19-8-12(13)14(17)16-11-5-3-4-10(6-11)7-18-2/h3-6,12-13,15H,7-9H2,1-2H3,(H,16,17). The number of methoxy groups -OCH3 is 1. The van der Waals surface area contributed by atoms with E-state index in [1.165, 1.54) is 0 Å². The lowest BCUT2D eigenvalue weighted by atomic mass is 10.0. The number of likely N-dealkylation sites (N-methyl/N-ethyl adjacent to an activating group) is 1. The molecular formula is C14H20N2O3. The van der Waals surface area contributed by atoms with Gasteiger partial charge in [-0.25, -0.2) is 0 Å². The molecule has 104 valence electrons. The van der Waals surface area contributed by atoms with Crippen molar-refractivity contribution < 1.29 is 14.3 Å². The van der Waals surface area contributed by atoms with E-state index in [4.69, 9.17) is 9.47 Å². The Morgan fingerprint density at radius 2 is 2.32 bits per heavy atom. The largest absolute Gasteiger partial charge is 0.380 e. The lowest BCUT2D eigenvalue weighted by molar-refractivity contribution is -0.120. The predicted octanol–water partition coefficient (Wildman–Crippen LogP) is 1.01. The van der Waals surface area contributed by atoms with E-state index in [1.807, 2.05) is 31.3 Å². The first kappa shape index (κ1) is 14.0. The fraction of sp³-hybridized carbons (Fsp3) is 0.500. The fourth-order valence-corrected chi connectivity index (χ4v) is 2.24. The summed E-state index contributed by atoms with van der Waals surface area (Å²) in [5.74, 6) is -0.150. The maximum atomic E-state index is 12.2. The molecule has 5 heteroatoms. The van der Waals surface area contributed by atoms with E-state index in [1.54, 1.807) is 7.11 Å². The summed E-state index contributed by atoms with van der Waals surface area (Å²) in [5.41, 5.74) is 1.83. The Labute approximate surface area is 113 Å². The highest BCUT2D eigenvalue weighted by Crippen LogP contribution is 2.17. The van der Waals surface area contributed by atoms with Crippen molar-refractivity contribution in [3.8, 4) is 0 Å². The van der Waals surface area contributed by atoms with E-state index < -0.39 is 0 Å². The average molecular weight is 264 g/mol. The van der Waals surface area contributed by atoms with Gasteiger partial charge in [-0.3, -0.25) is 4.79 Å². The SMILES string of the molecule is CNC1COCC1C(=O)Nc1cccc(COC)c1. The molecule has 0 aromatic heterocycles. The Bertz CT molecular complexity index is 436. The topological polar surface area (TPSA) is 59.6 Å². The molecule has 2 atom stereocenters. The maximum absolute atomic E-state index is 12.2. The molecule has 1 aromatic carbocycles. The van der Waals surface area contributed by atoms with E-state index >= 15 is 0 Å². The number of rotatable bonds is 5. The molecule has 0 bridgehead atoms. The number of carbonyl (C=O) groups excluding carboxylic acids is 1. The zero-order chi connectivity index (χ0) is 13.7. The molecule has 1 saturated heterocycles. The van der Waals surface area contributed by atoms with Gasteiger partial charge in [0.2, 0.25) is 5.91 Å². The smallest absolute Gasteiger partial charge is 0.231 e. The molecule has 2 N–H and O–H groups in total. The van der Waals surface area contributed by atoms with Crippen molar-refractivity contribution in [3.05, 3.63) is 29.8 Å². The summed E-state index contributed by atoms with van der Waals surface area (Å²) in [4.78, 5) is 12.2. The minimum Gasteiger partial charge on any atom is -0.380 e. The molecule has 1 aliphatic rings. The van der Waals surface area contributed by atoms with Crippen molar-refractivity contribution in [2.24, 2.45) is 5.92 Å². The third kappa shape index (κ3) is 3.53. The fourth-order valence-electron chi connectivity index (χ4n) is 2.24. The molecule has 1 aromatic rings. The van der Waals surface area contributed by atoms with Gasteiger partial charge in [0, 0.05) is 18.8 Å². The van der Waals surface area contributed by atoms with Crippen molar-refractivity contribution in [2.45, 2.75) is 12.6 Å². The van der Waals surface area contributed by atoms with Gasteiger partial charge in [0.05, 0.1) is 25.7 Å². The van der Waals surface area contributed by atoms with Gasteiger partial charge in [0.1, 0.15) is 0 Å². The number of amides is 1. The Hall–Kier alpha value is -1.43. The van der Waals surface area contributed by atoms with Crippen molar-refractivity contribution in [3.63, 3.8) is 0 Å². The van der Waals surface area contributed by atoms with Crippen LogP contribution in [0.3, 0.4) is 0 Å². The molecule has 1 heterocycles. The molecule has 1 aliphatic heterocycles. The second-order valence-corrected chi connectivity index (χ2v) is 4.66. The normalized spacial score (nSPS) is 22.4. The minimum absolute atomic E-state index is 0.00795. The van der Waals surface area contributed by atoms with E-state index in [9.17, 15) is 4.79 Å². The zero-order valence-corrected chi connectivity index (χ0v) is 11.3. The van der Waals surface area contributed by atoms with Gasteiger partial charge in [-0.15, -0.1) is 0 Å². The maximum Gasteiger partial charge on any atom is 0.231 e. The highest BCUT2D eigenvalue weighted by atomic mass is 16.5. The summed E-state index contributed by atoms with van der Waals surface area (Å²) in [5, 5.41) is 6.04. The number of hydrogen-bond acceptors (Lipinski definition) is 4. The molecule has 19 heavy (non-hydrogen) atoms. The summed E-state index contributed by atoms with van der Waals surface area (Å²) < 4.78 is 10.4. The van der Waals surface area contributed by atoms with Crippen LogP contribution in [0, 0.1) is 5.92 Å². The predicted molar refractivity (Wildman–Crippen MR) is 72.9 cm³/mol. The number of benzene rings is 1. The van der Waals surface area contributed by atoms with Gasteiger partial charge < -0.3 is 20.1 Å². The van der Waals surface area contributed by atoms with Crippen LogP contribution in [0.1, 0.15) is 5.56 Å². The second kappa shape index (κ2) is 6.65. The Kier molecular flexibility index (Phi) is 4.90. The van der Waals surface area contributed by atoms with E-state index in [0.717, 1.165) is 11.3 Å². The first-order valence-corrected chi connectivity index (χ1v) is 6.38. The van der Waals surface area contributed by atoms with Crippen LogP contribution in [-0.2, 0) is 20.9 Å². The number of hydrogen-bond donors (Lipinski definition) is 2. The van der Waals surface area contributed by atoms with Crippen LogP contribution in [0.5, 0.6) is 0 Å². The van der Waals surface area contributed by atoms with E-state index in [-0.39, 0.29) is 17.9 Å². The number of ether oxygens (including phenoxy) is 2. The Morgan fingerprint density at radius 1 is 1.47 bits per heavy atom. The highest BCUT2D eigenvalue weighted by molar-refractivity contribution is 5.93. The second-order valence-electron chi connectivity index (χ2n) is 4.66. The average Bonchev–Trinajstić information content (AvgIpc) is 2.88. The minimum atomic E-state index is -0.143. The van der Waals surface area contributed by atoms with Gasteiger partial charge in [0.15, 0.2) is 0 Å². The molecular weight excluding hydrogens is 244 g/mol. The van der Waals surface area contributed by atoms with Crippen molar-refractivity contribution >= 4 is 11.6 Å². The van der Waals surface area contributed by atoms with Crippen LogP contribution in [0.15, 0.2) is 24.3 Å². The van der Waals surface area contributed by atoms with Crippen LogP contribution < -0.4 is 10.6 Å². The Morgan fingerprint density at radius 3 is 3.05 bits per heavy atom. The summed E-state index contributed by atoms with van der Waals surface area (Å²) in [6, 6.07) is 7.76. The molecule has 1 fully saturated rings. The summed E-state index contributed by atoms with van der Waals surface area (Å²) in [6.07, 6.45) is 0. The first-order valence-electron chi connectivity index (χ1n) is 6.38. The lowest BCUT2D eigenvalue weighted by Gasteiger charge is -2.16. The highest BCUT2D eigenvalue weighted by Gasteiger charge is 2.32. The summed E-state index contributed by atoms with van der Waals surface area (Å²) in [6.45, 7) is 1.59. The van der Waals surface area contributed by atoms with Gasteiger partial charge in [0.25, 0.3) is 0 Å². The quantitative estimate of drug-likeness (QED) is 0.833. The Balaban J connectivity index is 2.00. The monoisotopic (exact) mass is 264 g/mol. The molecule has 2 unspecified atom stereocenters. The van der Waals surface area contributed by atoms with Crippen molar-refractivity contribution in [1.29, 1.82) is 0 Å². The van der Waals surface area contributed by atoms with E-state index in [0.29, 0.717) is 19.8 Å².